The van der Waals surface area contributed by atoms with Gasteiger partial charge < -0.3 is 9.47 Å². The summed E-state index contributed by atoms with van der Waals surface area (Å²) >= 11 is 0. The lowest BCUT2D eigenvalue weighted by atomic mass is 10.2. The molecule has 0 fully saturated rings. The van der Waals surface area contributed by atoms with Gasteiger partial charge in [-0.15, -0.1) is 0 Å². The van der Waals surface area contributed by atoms with E-state index in [1.165, 1.54) is 18.9 Å². The van der Waals surface area contributed by atoms with Crippen LogP contribution >= 0.6 is 0 Å². The number of carbonyl (C=O) groups excluding carboxylic acids is 1. The van der Waals surface area contributed by atoms with Crippen molar-refractivity contribution in [1.82, 2.24) is 4.98 Å². The Morgan fingerprint density at radius 3 is 2.59 bits per heavy atom. The average molecular weight is 389 g/mol. The van der Waals surface area contributed by atoms with E-state index >= 15 is 0 Å². The van der Waals surface area contributed by atoms with Crippen molar-refractivity contribution < 1.29 is 14.3 Å². The van der Waals surface area contributed by atoms with Crippen LogP contribution in [0.3, 0.4) is 0 Å². The summed E-state index contributed by atoms with van der Waals surface area (Å²) in [6.07, 6.45) is 4.81. The highest BCUT2D eigenvalue weighted by Crippen LogP contribution is 2.28. The Morgan fingerprint density at radius 1 is 1.14 bits per heavy atom. The number of hydrogen-bond donors (Lipinski definition) is 0. The molecule has 0 unspecified atom stereocenters. The van der Waals surface area contributed by atoms with Crippen LogP contribution in [0.4, 0.5) is 5.69 Å². The normalized spacial score (nSPS) is 10.7. The number of rotatable bonds is 7. The number of nitrogens with zero attached hydrogens (tertiary/aromatic N) is 3. The molecule has 6 nitrogen and oxygen atoms in total. The van der Waals surface area contributed by atoms with E-state index in [-0.39, 0.29) is 0 Å². The highest BCUT2D eigenvalue weighted by atomic mass is 16.6. The smallest absolute Gasteiger partial charge is 0.345 e. The van der Waals surface area contributed by atoms with Crippen molar-refractivity contribution in [2.45, 2.75) is 13.8 Å². The van der Waals surface area contributed by atoms with Crippen LogP contribution in [-0.2, 0) is 0 Å². The van der Waals surface area contributed by atoms with Gasteiger partial charge in [-0.2, -0.15) is 5.10 Å². The molecule has 0 saturated carbocycles. The Hall–Kier alpha value is -3.67. The third kappa shape index (κ3) is 5.19. The van der Waals surface area contributed by atoms with Gasteiger partial charge in [0.15, 0.2) is 11.5 Å². The van der Waals surface area contributed by atoms with E-state index in [1.54, 1.807) is 36.7 Å². The molecular formula is C23H23N3O3. The monoisotopic (exact) mass is 389 g/mol. The predicted octanol–water partition coefficient (Wildman–Crippen LogP) is 4.48. The van der Waals surface area contributed by atoms with Crippen molar-refractivity contribution in [3.05, 3.63) is 83.7 Å². The van der Waals surface area contributed by atoms with Crippen LogP contribution in [0.5, 0.6) is 11.5 Å². The minimum absolute atomic E-state index is 0.337. The number of hydrazone groups is 1. The molecule has 3 rings (SSSR count). The van der Waals surface area contributed by atoms with Crippen LogP contribution in [0.1, 0.15) is 28.4 Å². The maximum absolute atomic E-state index is 12.3. The van der Waals surface area contributed by atoms with Gasteiger partial charge in [0.2, 0.25) is 0 Å². The largest absolute Gasteiger partial charge is 0.493 e. The van der Waals surface area contributed by atoms with Gasteiger partial charge in [0.25, 0.3) is 0 Å². The lowest BCUT2D eigenvalue weighted by Gasteiger charge is -2.17. The molecule has 0 saturated heterocycles. The number of anilines is 1. The van der Waals surface area contributed by atoms with Gasteiger partial charge in [-0.3, -0.25) is 9.99 Å². The van der Waals surface area contributed by atoms with E-state index < -0.39 is 5.97 Å². The lowest BCUT2D eigenvalue weighted by Crippen LogP contribution is -2.15. The van der Waals surface area contributed by atoms with E-state index in [9.17, 15) is 4.79 Å². The SMILES string of the molecule is CCN(/N=C/c1ccc(OC(=O)c2cccnc2)c(OC)c1)c1ccc(C)cc1. The Morgan fingerprint density at radius 2 is 1.93 bits per heavy atom. The van der Waals surface area contributed by atoms with E-state index in [1.807, 2.05) is 30.1 Å². The number of aromatic nitrogens is 1. The standard InChI is InChI=1S/C23H23N3O3/c1-4-26(20-10-7-17(2)8-11-20)25-15-18-9-12-21(22(14-18)28-3)29-23(27)19-6-5-13-24-16-19/h5-16H,4H2,1-3H3/b25-15+. The van der Waals surface area contributed by atoms with Crippen LogP contribution in [-0.4, -0.2) is 30.8 Å². The summed E-state index contributed by atoms with van der Waals surface area (Å²) in [6, 6.07) is 16.8. The molecule has 0 aliphatic rings. The topological polar surface area (TPSA) is 64.0 Å². The first-order chi connectivity index (χ1) is 14.1. The molecule has 1 aromatic heterocycles. The molecule has 148 valence electrons. The third-order valence-electron chi connectivity index (χ3n) is 4.27. The molecule has 2 aromatic carbocycles. The first kappa shape index (κ1) is 20.1. The Balaban J connectivity index is 1.76. The minimum Gasteiger partial charge on any atom is -0.493 e. The van der Waals surface area contributed by atoms with Gasteiger partial charge in [0, 0.05) is 18.9 Å². The number of carbonyl (C=O) groups is 1. The van der Waals surface area contributed by atoms with E-state index in [2.05, 4.69) is 29.1 Å². The molecule has 0 atom stereocenters. The maximum Gasteiger partial charge on any atom is 0.345 e. The molecule has 0 amide bonds. The second-order valence-corrected chi connectivity index (χ2v) is 6.34. The van der Waals surface area contributed by atoms with E-state index in [0.717, 1.165) is 17.8 Å². The number of ether oxygens (including phenoxy) is 2. The van der Waals surface area contributed by atoms with E-state index in [0.29, 0.717) is 17.1 Å². The highest BCUT2D eigenvalue weighted by Gasteiger charge is 2.13. The number of aryl methyl sites for hydroxylation is 1. The first-order valence-electron chi connectivity index (χ1n) is 9.29. The molecule has 0 N–H and O–H groups in total. The Bertz CT molecular complexity index is 986. The number of pyridine rings is 1. The number of benzene rings is 2. The fourth-order valence-electron chi connectivity index (χ4n) is 2.68. The summed E-state index contributed by atoms with van der Waals surface area (Å²) in [5, 5.41) is 6.47. The molecule has 29 heavy (non-hydrogen) atoms. The van der Waals surface area contributed by atoms with Gasteiger partial charge in [0.1, 0.15) is 0 Å². The molecular weight excluding hydrogens is 366 g/mol. The van der Waals surface area contributed by atoms with Crippen molar-refractivity contribution in [2.24, 2.45) is 5.10 Å². The van der Waals surface area contributed by atoms with Crippen molar-refractivity contribution in [2.75, 3.05) is 18.7 Å². The van der Waals surface area contributed by atoms with Gasteiger partial charge in [-0.1, -0.05) is 17.7 Å². The molecule has 0 spiro atoms. The molecule has 0 radical (unpaired) electrons. The summed E-state index contributed by atoms with van der Waals surface area (Å²) in [7, 11) is 1.53. The summed E-state index contributed by atoms with van der Waals surface area (Å²) in [5.41, 5.74) is 3.42. The zero-order chi connectivity index (χ0) is 20.6. The second-order valence-electron chi connectivity index (χ2n) is 6.34. The van der Waals surface area contributed by atoms with Crippen LogP contribution < -0.4 is 14.5 Å². The van der Waals surface area contributed by atoms with Gasteiger partial charge in [0.05, 0.1) is 24.6 Å². The highest BCUT2D eigenvalue weighted by molar-refractivity contribution is 5.91. The molecule has 3 aromatic rings. The van der Waals surface area contributed by atoms with Crippen molar-refractivity contribution in [1.29, 1.82) is 0 Å². The molecule has 0 aliphatic carbocycles. The lowest BCUT2D eigenvalue weighted by molar-refractivity contribution is 0.0729. The molecule has 6 heteroatoms. The summed E-state index contributed by atoms with van der Waals surface area (Å²) in [5.74, 6) is 0.295. The zero-order valence-electron chi connectivity index (χ0n) is 16.7. The average Bonchev–Trinajstić information content (AvgIpc) is 2.76. The van der Waals surface area contributed by atoms with Crippen LogP contribution in [0, 0.1) is 6.92 Å². The van der Waals surface area contributed by atoms with Crippen molar-refractivity contribution >= 4 is 17.9 Å². The van der Waals surface area contributed by atoms with E-state index in [4.69, 9.17) is 9.47 Å². The second kappa shape index (κ2) is 9.50. The van der Waals surface area contributed by atoms with Crippen LogP contribution in [0.15, 0.2) is 72.1 Å². The fourth-order valence-corrected chi connectivity index (χ4v) is 2.68. The van der Waals surface area contributed by atoms with Gasteiger partial charge in [-0.05, 0) is 61.9 Å². The van der Waals surface area contributed by atoms with Gasteiger partial charge >= 0.3 is 5.97 Å². The first-order valence-corrected chi connectivity index (χ1v) is 9.29. The summed E-state index contributed by atoms with van der Waals surface area (Å²) in [6.45, 7) is 4.83. The number of hydrogen-bond acceptors (Lipinski definition) is 6. The summed E-state index contributed by atoms with van der Waals surface area (Å²) < 4.78 is 10.8. The van der Waals surface area contributed by atoms with Crippen LogP contribution in [0.25, 0.3) is 0 Å². The number of esters is 1. The summed E-state index contributed by atoms with van der Waals surface area (Å²) in [4.78, 5) is 16.2. The zero-order valence-corrected chi connectivity index (χ0v) is 16.7. The molecule has 0 aliphatic heterocycles. The fraction of sp³-hybridized carbons (Fsp3) is 0.174. The molecule has 0 bridgehead atoms. The predicted molar refractivity (Wildman–Crippen MR) is 114 cm³/mol. The quantitative estimate of drug-likeness (QED) is 0.258. The Kier molecular flexibility index (Phi) is 6.58. The van der Waals surface area contributed by atoms with Crippen molar-refractivity contribution in [3.63, 3.8) is 0 Å². The third-order valence-corrected chi connectivity index (χ3v) is 4.27. The van der Waals surface area contributed by atoms with Crippen molar-refractivity contribution in [3.8, 4) is 11.5 Å². The number of methoxy groups -OCH3 is 1. The molecule has 1 heterocycles. The Labute approximate surface area is 170 Å². The van der Waals surface area contributed by atoms with Crippen LogP contribution in [0.2, 0.25) is 0 Å². The van der Waals surface area contributed by atoms with Gasteiger partial charge in [-0.25, -0.2) is 4.79 Å². The maximum atomic E-state index is 12.3. The minimum atomic E-state index is -0.491.